The summed E-state index contributed by atoms with van der Waals surface area (Å²) in [4.78, 5) is 10.5. The molecule has 7 nitrogen and oxygen atoms in total. The van der Waals surface area contributed by atoms with Crippen molar-refractivity contribution in [2.75, 3.05) is 6.54 Å². The van der Waals surface area contributed by atoms with Gasteiger partial charge in [-0.25, -0.2) is 0 Å². The second-order valence-corrected chi connectivity index (χ2v) is 4.52. The van der Waals surface area contributed by atoms with Crippen LogP contribution >= 0.6 is 11.6 Å². The second kappa shape index (κ2) is 5.98. The molecule has 1 aromatic carbocycles. The summed E-state index contributed by atoms with van der Waals surface area (Å²) in [7, 11) is 0. The van der Waals surface area contributed by atoms with Gasteiger partial charge in [0.15, 0.2) is 0 Å². The van der Waals surface area contributed by atoms with Gasteiger partial charge in [0.05, 0.1) is 16.0 Å². The van der Waals surface area contributed by atoms with Crippen molar-refractivity contribution in [3.05, 3.63) is 39.2 Å². The van der Waals surface area contributed by atoms with Gasteiger partial charge >= 0.3 is 0 Å². The molecule has 0 aliphatic heterocycles. The predicted molar refractivity (Wildman–Crippen MR) is 73.5 cm³/mol. The Hall–Kier alpha value is -1.99. The van der Waals surface area contributed by atoms with Crippen molar-refractivity contribution in [3.8, 4) is 11.5 Å². The number of nitrogens with one attached hydrogen (secondary N) is 1. The zero-order valence-electron chi connectivity index (χ0n) is 11.0. The summed E-state index contributed by atoms with van der Waals surface area (Å²) in [5.74, 6) is 0.401. The summed E-state index contributed by atoms with van der Waals surface area (Å²) in [5.41, 5.74) is -0.0228. The monoisotopic (exact) mass is 296 g/mol. The number of hydrogen-bond donors (Lipinski definition) is 1. The molecular weight excluding hydrogens is 284 g/mol. The van der Waals surface area contributed by atoms with Crippen molar-refractivity contribution >= 4 is 17.3 Å². The summed E-state index contributed by atoms with van der Waals surface area (Å²) >= 11 is 6.01. The Labute approximate surface area is 120 Å². The minimum absolute atomic E-state index is 0.0436. The molecule has 0 saturated carbocycles. The average Bonchev–Trinajstić information content (AvgIpc) is 2.88. The molecule has 1 atom stereocenters. The van der Waals surface area contributed by atoms with Crippen LogP contribution in [0, 0.1) is 10.1 Å². The zero-order chi connectivity index (χ0) is 14.7. The Morgan fingerprint density at radius 1 is 1.50 bits per heavy atom. The minimum Gasteiger partial charge on any atom is -0.419 e. The summed E-state index contributed by atoms with van der Waals surface area (Å²) < 4.78 is 5.48. The smallest absolute Gasteiger partial charge is 0.283 e. The van der Waals surface area contributed by atoms with Gasteiger partial charge in [-0.1, -0.05) is 24.6 Å². The molecule has 1 aromatic heterocycles. The summed E-state index contributed by atoms with van der Waals surface area (Å²) in [6.45, 7) is 4.56. The van der Waals surface area contributed by atoms with Crippen molar-refractivity contribution in [1.82, 2.24) is 15.5 Å². The molecule has 0 aliphatic carbocycles. The molecule has 8 heteroatoms. The van der Waals surface area contributed by atoms with E-state index in [9.17, 15) is 10.1 Å². The zero-order valence-corrected chi connectivity index (χ0v) is 11.7. The SMILES string of the molecule is CCNC(C)c1nnc(-c2c(Cl)cccc2[N+](=O)[O-])o1. The van der Waals surface area contributed by atoms with Gasteiger partial charge in [0.25, 0.3) is 11.6 Å². The highest BCUT2D eigenvalue weighted by Gasteiger charge is 2.24. The second-order valence-electron chi connectivity index (χ2n) is 4.12. The summed E-state index contributed by atoms with van der Waals surface area (Å²) in [6, 6.07) is 4.26. The third-order valence-corrected chi connectivity index (χ3v) is 3.04. The predicted octanol–water partition coefficient (Wildman–Crippen LogP) is 2.97. The molecule has 0 bridgehead atoms. The quantitative estimate of drug-likeness (QED) is 0.673. The van der Waals surface area contributed by atoms with Crippen LogP contribution in [-0.4, -0.2) is 21.7 Å². The number of nitro benzene ring substituents is 1. The lowest BCUT2D eigenvalue weighted by atomic mass is 10.2. The first-order valence-corrected chi connectivity index (χ1v) is 6.42. The van der Waals surface area contributed by atoms with Crippen molar-refractivity contribution in [2.24, 2.45) is 0 Å². The first-order chi connectivity index (χ1) is 9.54. The molecule has 0 saturated heterocycles. The molecule has 1 heterocycles. The van der Waals surface area contributed by atoms with Crippen molar-refractivity contribution in [1.29, 1.82) is 0 Å². The van der Waals surface area contributed by atoms with E-state index in [2.05, 4.69) is 15.5 Å². The van der Waals surface area contributed by atoms with Crippen LogP contribution in [0.15, 0.2) is 22.6 Å². The van der Waals surface area contributed by atoms with Gasteiger partial charge in [0, 0.05) is 6.07 Å². The van der Waals surface area contributed by atoms with Gasteiger partial charge in [-0.3, -0.25) is 10.1 Å². The van der Waals surface area contributed by atoms with E-state index in [4.69, 9.17) is 16.0 Å². The number of nitrogens with zero attached hydrogens (tertiary/aromatic N) is 3. The topological polar surface area (TPSA) is 94.1 Å². The van der Waals surface area contributed by atoms with E-state index >= 15 is 0 Å². The molecule has 0 radical (unpaired) electrons. The summed E-state index contributed by atoms with van der Waals surface area (Å²) in [6.07, 6.45) is 0. The van der Waals surface area contributed by atoms with Crippen molar-refractivity contribution < 1.29 is 9.34 Å². The number of aromatic nitrogens is 2. The largest absolute Gasteiger partial charge is 0.419 e. The Morgan fingerprint density at radius 2 is 2.25 bits per heavy atom. The van der Waals surface area contributed by atoms with E-state index in [1.807, 2.05) is 13.8 Å². The van der Waals surface area contributed by atoms with E-state index in [0.717, 1.165) is 6.54 Å². The van der Waals surface area contributed by atoms with Crippen LogP contribution in [0.4, 0.5) is 5.69 Å². The standard InChI is InChI=1S/C12H13ClN4O3/c1-3-14-7(2)11-15-16-12(20-11)10-8(13)5-4-6-9(10)17(18)19/h4-7,14H,3H2,1-2H3. The lowest BCUT2D eigenvalue weighted by Crippen LogP contribution is -2.17. The highest BCUT2D eigenvalue weighted by molar-refractivity contribution is 6.33. The Kier molecular flexibility index (Phi) is 4.31. The number of rotatable bonds is 5. The van der Waals surface area contributed by atoms with Crippen LogP contribution < -0.4 is 5.32 Å². The van der Waals surface area contributed by atoms with Crippen LogP contribution in [0.3, 0.4) is 0 Å². The molecule has 106 valence electrons. The molecule has 0 amide bonds. The molecule has 1 N–H and O–H groups in total. The highest BCUT2D eigenvalue weighted by Crippen LogP contribution is 2.35. The Bertz CT molecular complexity index is 629. The Balaban J connectivity index is 2.45. The first-order valence-electron chi connectivity index (χ1n) is 6.04. The molecule has 0 aliphatic rings. The third kappa shape index (κ3) is 2.78. The van der Waals surface area contributed by atoms with E-state index in [-0.39, 0.29) is 28.2 Å². The van der Waals surface area contributed by atoms with Gasteiger partial charge in [-0.05, 0) is 19.5 Å². The normalized spacial score (nSPS) is 12.3. The molecule has 0 spiro atoms. The van der Waals surface area contributed by atoms with Crippen LogP contribution in [0.1, 0.15) is 25.8 Å². The van der Waals surface area contributed by atoms with Gasteiger partial charge in [0.2, 0.25) is 5.89 Å². The van der Waals surface area contributed by atoms with Gasteiger partial charge in [-0.15, -0.1) is 10.2 Å². The van der Waals surface area contributed by atoms with Crippen LogP contribution in [0.2, 0.25) is 5.02 Å². The van der Waals surface area contributed by atoms with Crippen LogP contribution in [0.5, 0.6) is 0 Å². The number of nitro groups is 1. The maximum Gasteiger partial charge on any atom is 0.283 e. The average molecular weight is 297 g/mol. The maximum absolute atomic E-state index is 11.0. The lowest BCUT2D eigenvalue weighted by molar-refractivity contribution is -0.384. The van der Waals surface area contributed by atoms with E-state index in [0.29, 0.717) is 5.89 Å². The van der Waals surface area contributed by atoms with E-state index < -0.39 is 4.92 Å². The number of halogens is 1. The summed E-state index contributed by atoms with van der Waals surface area (Å²) in [5, 5.41) is 22.1. The fourth-order valence-corrected chi connectivity index (χ4v) is 2.03. The fraction of sp³-hybridized carbons (Fsp3) is 0.333. The molecular formula is C12H13ClN4O3. The molecule has 0 fully saturated rings. The first kappa shape index (κ1) is 14.4. The van der Waals surface area contributed by atoms with E-state index in [1.54, 1.807) is 6.07 Å². The van der Waals surface area contributed by atoms with E-state index in [1.165, 1.54) is 12.1 Å². The molecule has 20 heavy (non-hydrogen) atoms. The van der Waals surface area contributed by atoms with Gasteiger partial charge in [-0.2, -0.15) is 0 Å². The van der Waals surface area contributed by atoms with Crippen LogP contribution in [-0.2, 0) is 0 Å². The Morgan fingerprint density at radius 3 is 2.90 bits per heavy atom. The van der Waals surface area contributed by atoms with Gasteiger partial charge in [0.1, 0.15) is 5.56 Å². The van der Waals surface area contributed by atoms with Crippen LogP contribution in [0.25, 0.3) is 11.5 Å². The molecule has 2 aromatic rings. The highest BCUT2D eigenvalue weighted by atomic mass is 35.5. The van der Waals surface area contributed by atoms with Gasteiger partial charge < -0.3 is 9.73 Å². The molecule has 1 unspecified atom stereocenters. The number of benzene rings is 1. The van der Waals surface area contributed by atoms with Crippen molar-refractivity contribution in [2.45, 2.75) is 19.9 Å². The molecule has 2 rings (SSSR count). The lowest BCUT2D eigenvalue weighted by Gasteiger charge is -2.06. The third-order valence-electron chi connectivity index (χ3n) is 2.72. The van der Waals surface area contributed by atoms with Crippen molar-refractivity contribution in [3.63, 3.8) is 0 Å². The maximum atomic E-state index is 11.0. The fourth-order valence-electron chi connectivity index (χ4n) is 1.78. The number of hydrogen-bond acceptors (Lipinski definition) is 6. The minimum atomic E-state index is -0.529.